The summed E-state index contributed by atoms with van der Waals surface area (Å²) in [6.07, 6.45) is 5.18. The van der Waals surface area contributed by atoms with E-state index in [-0.39, 0.29) is 23.6 Å². The lowest BCUT2D eigenvalue weighted by Gasteiger charge is -2.39. The molecule has 0 spiro atoms. The number of piperidine rings is 1. The highest BCUT2D eigenvalue weighted by Gasteiger charge is 2.29. The number of rotatable bonds is 6. The summed E-state index contributed by atoms with van der Waals surface area (Å²) >= 11 is 1.40. The molecular formula is C22H29N5O2S. The van der Waals surface area contributed by atoms with Gasteiger partial charge in [-0.2, -0.15) is 0 Å². The maximum Gasteiger partial charge on any atom is 0.262 e. The van der Waals surface area contributed by atoms with Crippen molar-refractivity contribution >= 4 is 34.3 Å². The molecule has 0 unspecified atom stereocenters. The van der Waals surface area contributed by atoms with Gasteiger partial charge < -0.3 is 4.90 Å². The number of aromatic nitrogens is 4. The van der Waals surface area contributed by atoms with Crippen LogP contribution in [0.5, 0.6) is 0 Å². The predicted octanol–water partition coefficient (Wildman–Crippen LogP) is 3.73. The second-order valence-electron chi connectivity index (χ2n) is 8.16. The second-order valence-corrected chi connectivity index (χ2v) is 9.11. The van der Waals surface area contributed by atoms with Crippen LogP contribution in [0.25, 0.3) is 16.7 Å². The maximum atomic E-state index is 13.0. The van der Waals surface area contributed by atoms with Gasteiger partial charge in [0.2, 0.25) is 11.7 Å². The van der Waals surface area contributed by atoms with Crippen LogP contribution in [0.2, 0.25) is 0 Å². The summed E-state index contributed by atoms with van der Waals surface area (Å²) in [6, 6.07) is 8.09. The molecule has 1 aliphatic rings. The Morgan fingerprint density at radius 2 is 1.90 bits per heavy atom. The van der Waals surface area contributed by atoms with E-state index in [9.17, 15) is 9.59 Å². The number of aryl methyl sites for hydroxylation is 1. The van der Waals surface area contributed by atoms with Gasteiger partial charge in [0, 0.05) is 18.6 Å². The second kappa shape index (κ2) is 8.79. The van der Waals surface area contributed by atoms with E-state index in [1.807, 2.05) is 33.6 Å². The molecule has 3 heterocycles. The molecule has 1 fully saturated rings. The molecule has 4 rings (SSSR count). The molecule has 1 saturated heterocycles. The van der Waals surface area contributed by atoms with Crippen LogP contribution < -0.4 is 5.56 Å². The Morgan fingerprint density at radius 3 is 2.63 bits per heavy atom. The predicted molar refractivity (Wildman–Crippen MR) is 120 cm³/mol. The summed E-state index contributed by atoms with van der Waals surface area (Å²) in [5, 5.41) is 9.98. The van der Waals surface area contributed by atoms with Crippen LogP contribution in [0.1, 0.15) is 52.9 Å². The van der Waals surface area contributed by atoms with Gasteiger partial charge in [0.05, 0.1) is 16.7 Å². The van der Waals surface area contributed by atoms with Crippen molar-refractivity contribution in [1.29, 1.82) is 0 Å². The van der Waals surface area contributed by atoms with E-state index in [1.54, 1.807) is 4.57 Å². The van der Waals surface area contributed by atoms with Crippen molar-refractivity contribution in [2.75, 3.05) is 5.75 Å². The first-order chi connectivity index (χ1) is 14.5. The van der Waals surface area contributed by atoms with Crippen molar-refractivity contribution in [2.45, 2.75) is 76.7 Å². The fraction of sp³-hybridized carbons (Fsp3) is 0.545. The zero-order valence-electron chi connectivity index (χ0n) is 17.9. The van der Waals surface area contributed by atoms with E-state index < -0.39 is 0 Å². The van der Waals surface area contributed by atoms with E-state index in [0.29, 0.717) is 28.6 Å². The molecule has 1 amide bonds. The Kier molecular flexibility index (Phi) is 6.13. The molecule has 1 aliphatic heterocycles. The summed E-state index contributed by atoms with van der Waals surface area (Å²) in [4.78, 5) is 28.0. The number of nitrogens with zero attached hydrogens (tertiary/aromatic N) is 5. The number of fused-ring (bicyclic) bond motifs is 3. The molecule has 0 radical (unpaired) electrons. The molecule has 3 aromatic rings. The van der Waals surface area contributed by atoms with Gasteiger partial charge in [-0.1, -0.05) is 37.2 Å². The molecular weight excluding hydrogens is 398 g/mol. The average Bonchev–Trinajstić information content (AvgIpc) is 3.16. The van der Waals surface area contributed by atoms with Crippen LogP contribution in [0, 0.1) is 0 Å². The molecule has 160 valence electrons. The van der Waals surface area contributed by atoms with Gasteiger partial charge in [-0.05, 0) is 51.7 Å². The average molecular weight is 428 g/mol. The van der Waals surface area contributed by atoms with Gasteiger partial charge >= 0.3 is 0 Å². The lowest BCUT2D eigenvalue weighted by molar-refractivity contribution is -0.134. The molecule has 30 heavy (non-hydrogen) atoms. The third kappa shape index (κ3) is 3.73. The van der Waals surface area contributed by atoms with Gasteiger partial charge in [-0.3, -0.25) is 18.6 Å². The number of unbranched alkanes of at least 4 members (excludes halogenated alkanes) is 1. The van der Waals surface area contributed by atoms with Gasteiger partial charge in [0.25, 0.3) is 5.56 Å². The minimum Gasteiger partial charge on any atom is -0.337 e. The summed E-state index contributed by atoms with van der Waals surface area (Å²) in [7, 11) is 0. The monoisotopic (exact) mass is 427 g/mol. The first-order valence-electron chi connectivity index (χ1n) is 10.8. The molecule has 7 nitrogen and oxygen atoms in total. The van der Waals surface area contributed by atoms with Crippen molar-refractivity contribution in [3.8, 4) is 0 Å². The summed E-state index contributed by atoms with van der Waals surface area (Å²) in [5.74, 6) is 1.000. The Balaban J connectivity index is 1.69. The van der Waals surface area contributed by atoms with Crippen LogP contribution in [-0.4, -0.2) is 47.8 Å². The quantitative estimate of drug-likeness (QED) is 0.561. The van der Waals surface area contributed by atoms with Gasteiger partial charge in [-0.25, -0.2) is 0 Å². The highest BCUT2D eigenvalue weighted by Crippen LogP contribution is 2.26. The molecule has 2 atom stereocenters. The standard InChI is InChI=1S/C22H29N5O2S/c1-4-5-13-25-20(29)17-11-6-7-12-18(17)27-21(25)23-24-22(27)30-14-19(28)26-15(2)9-8-10-16(26)3/h6-7,11-12,15-16H,4-5,8-10,13-14H2,1-3H3/t15-,16-/m0/s1. The molecule has 0 aliphatic carbocycles. The van der Waals surface area contributed by atoms with Crippen molar-refractivity contribution < 1.29 is 4.79 Å². The lowest BCUT2D eigenvalue weighted by Crippen LogP contribution is -2.48. The number of carbonyl (C=O) groups is 1. The molecule has 0 bridgehead atoms. The number of benzene rings is 1. The Labute approximate surface area is 180 Å². The van der Waals surface area contributed by atoms with E-state index in [1.165, 1.54) is 18.2 Å². The lowest BCUT2D eigenvalue weighted by atomic mass is 9.98. The van der Waals surface area contributed by atoms with E-state index in [2.05, 4.69) is 31.0 Å². The van der Waals surface area contributed by atoms with Crippen LogP contribution >= 0.6 is 11.8 Å². The van der Waals surface area contributed by atoms with Crippen LogP contribution in [0.3, 0.4) is 0 Å². The van der Waals surface area contributed by atoms with Crippen molar-refractivity contribution in [3.63, 3.8) is 0 Å². The largest absolute Gasteiger partial charge is 0.337 e. The molecule has 0 N–H and O–H groups in total. The highest BCUT2D eigenvalue weighted by atomic mass is 32.2. The fourth-order valence-corrected chi connectivity index (χ4v) is 5.27. The smallest absolute Gasteiger partial charge is 0.262 e. The molecule has 0 saturated carbocycles. The van der Waals surface area contributed by atoms with Gasteiger partial charge in [0.1, 0.15) is 0 Å². The maximum absolute atomic E-state index is 13.0. The fourth-order valence-electron chi connectivity index (χ4n) is 4.46. The van der Waals surface area contributed by atoms with E-state index in [0.717, 1.165) is 31.2 Å². The molecule has 8 heteroatoms. The zero-order chi connectivity index (χ0) is 21.3. The summed E-state index contributed by atoms with van der Waals surface area (Å²) in [6.45, 7) is 6.96. The molecule has 1 aromatic carbocycles. The number of likely N-dealkylation sites (tertiary alicyclic amines) is 1. The number of para-hydroxylation sites is 1. The number of amides is 1. The minimum atomic E-state index is -0.0393. The van der Waals surface area contributed by atoms with Crippen molar-refractivity contribution in [1.82, 2.24) is 24.1 Å². The number of hydrogen-bond donors (Lipinski definition) is 0. The Morgan fingerprint density at radius 1 is 1.17 bits per heavy atom. The van der Waals surface area contributed by atoms with Crippen molar-refractivity contribution in [3.05, 3.63) is 34.6 Å². The van der Waals surface area contributed by atoms with Crippen LogP contribution in [0.15, 0.2) is 34.2 Å². The topological polar surface area (TPSA) is 72.5 Å². The summed E-state index contributed by atoms with van der Waals surface area (Å²) < 4.78 is 3.63. The van der Waals surface area contributed by atoms with Crippen LogP contribution in [-0.2, 0) is 11.3 Å². The third-order valence-electron chi connectivity index (χ3n) is 6.02. The normalized spacial score (nSPS) is 19.6. The number of carbonyl (C=O) groups excluding carboxylic acids is 1. The van der Waals surface area contributed by atoms with E-state index >= 15 is 0 Å². The first-order valence-corrected chi connectivity index (χ1v) is 11.8. The Hall–Kier alpha value is -2.35. The minimum absolute atomic E-state index is 0.0393. The summed E-state index contributed by atoms with van der Waals surface area (Å²) in [5.41, 5.74) is 0.743. The third-order valence-corrected chi connectivity index (χ3v) is 6.93. The number of thioether (sulfide) groups is 1. The first kappa shape index (κ1) is 20.9. The van der Waals surface area contributed by atoms with Crippen LogP contribution in [0.4, 0.5) is 0 Å². The van der Waals surface area contributed by atoms with E-state index in [4.69, 9.17) is 0 Å². The zero-order valence-corrected chi connectivity index (χ0v) is 18.7. The SMILES string of the molecule is CCCCn1c(=O)c2ccccc2n2c(SCC(=O)N3[C@@H](C)CCC[C@@H]3C)nnc12. The van der Waals surface area contributed by atoms with Gasteiger partial charge in [0.15, 0.2) is 5.16 Å². The molecule has 2 aromatic heterocycles. The number of hydrogen-bond acceptors (Lipinski definition) is 5. The van der Waals surface area contributed by atoms with Crippen molar-refractivity contribution in [2.24, 2.45) is 0 Å². The highest BCUT2D eigenvalue weighted by molar-refractivity contribution is 7.99. The van der Waals surface area contributed by atoms with Gasteiger partial charge in [-0.15, -0.1) is 10.2 Å². The Bertz CT molecular complexity index is 1110.